The molecule has 0 radical (unpaired) electrons. The number of benzene rings is 3. The molecule has 3 aromatic carbocycles. The molecule has 0 atom stereocenters. The van der Waals surface area contributed by atoms with Crippen LogP contribution < -0.4 is 9.47 Å². The maximum absolute atomic E-state index is 14.1. The number of nitriles is 1. The Morgan fingerprint density at radius 3 is 2.53 bits per heavy atom. The molecule has 3 nitrogen and oxygen atoms in total. The van der Waals surface area contributed by atoms with E-state index in [0.29, 0.717) is 34.7 Å². The van der Waals surface area contributed by atoms with E-state index in [0.717, 1.165) is 5.56 Å². The highest BCUT2D eigenvalue weighted by atomic mass is 79.9. The van der Waals surface area contributed by atoms with Crippen LogP contribution in [0.1, 0.15) is 29.2 Å². The van der Waals surface area contributed by atoms with E-state index in [1.165, 1.54) is 11.6 Å². The third-order valence-corrected chi connectivity index (χ3v) is 5.11. The Bertz CT molecular complexity index is 1120. The number of allylic oxidation sites excluding steroid dienone is 1. The summed E-state index contributed by atoms with van der Waals surface area (Å²) < 4.78 is 26.6. The number of halogens is 2. The Kier molecular flexibility index (Phi) is 7.26. The molecule has 3 aromatic rings. The molecule has 0 unspecified atom stereocenters. The van der Waals surface area contributed by atoms with Crippen molar-refractivity contribution in [3.8, 4) is 17.6 Å². The zero-order valence-electron chi connectivity index (χ0n) is 16.8. The summed E-state index contributed by atoms with van der Waals surface area (Å²) in [6.07, 6.45) is 1.63. The molecule has 0 aliphatic heterocycles. The minimum absolute atomic E-state index is 0.227. The number of ether oxygens (including phenoxy) is 2. The summed E-state index contributed by atoms with van der Waals surface area (Å²) in [5.74, 6) is 0.710. The van der Waals surface area contributed by atoms with Gasteiger partial charge in [0.15, 0.2) is 11.5 Å². The maximum atomic E-state index is 14.1. The second-order valence-electron chi connectivity index (χ2n) is 6.68. The average Bonchev–Trinajstić information content (AvgIpc) is 2.73. The van der Waals surface area contributed by atoms with Crippen molar-refractivity contribution in [2.45, 2.75) is 20.5 Å². The summed E-state index contributed by atoms with van der Waals surface area (Å²) in [5, 5.41) is 9.56. The van der Waals surface area contributed by atoms with Crippen LogP contribution in [0.5, 0.6) is 11.5 Å². The van der Waals surface area contributed by atoms with E-state index in [1.807, 2.05) is 38.1 Å². The summed E-state index contributed by atoms with van der Waals surface area (Å²) in [7, 11) is 0. The van der Waals surface area contributed by atoms with Gasteiger partial charge in [-0.3, -0.25) is 0 Å². The van der Waals surface area contributed by atoms with Crippen LogP contribution in [-0.4, -0.2) is 6.61 Å². The Hall–Kier alpha value is -3.10. The molecular formula is C25H21BrFNO2. The lowest BCUT2D eigenvalue weighted by Gasteiger charge is -2.14. The number of hydrogen-bond acceptors (Lipinski definition) is 3. The largest absolute Gasteiger partial charge is 0.490 e. The molecule has 3 rings (SSSR count). The molecule has 152 valence electrons. The van der Waals surface area contributed by atoms with Crippen LogP contribution in [0, 0.1) is 24.1 Å². The third kappa shape index (κ3) is 5.28. The van der Waals surface area contributed by atoms with Gasteiger partial charge in [0, 0.05) is 10.0 Å². The van der Waals surface area contributed by atoms with Crippen molar-refractivity contribution < 1.29 is 13.9 Å². The van der Waals surface area contributed by atoms with Gasteiger partial charge in [-0.25, -0.2) is 4.39 Å². The Balaban J connectivity index is 1.94. The summed E-state index contributed by atoms with van der Waals surface area (Å²) >= 11 is 3.54. The lowest BCUT2D eigenvalue weighted by Crippen LogP contribution is -2.01. The molecule has 30 heavy (non-hydrogen) atoms. The topological polar surface area (TPSA) is 42.2 Å². The minimum atomic E-state index is -0.440. The van der Waals surface area contributed by atoms with Gasteiger partial charge >= 0.3 is 0 Å². The van der Waals surface area contributed by atoms with Gasteiger partial charge in [-0.15, -0.1) is 0 Å². The fourth-order valence-corrected chi connectivity index (χ4v) is 3.45. The van der Waals surface area contributed by atoms with Crippen LogP contribution in [0.25, 0.3) is 11.6 Å². The Labute approximate surface area is 184 Å². The van der Waals surface area contributed by atoms with Gasteiger partial charge in [0.05, 0.1) is 18.2 Å². The fraction of sp³-hybridized carbons (Fsp3) is 0.160. The van der Waals surface area contributed by atoms with Gasteiger partial charge in [0.2, 0.25) is 0 Å². The van der Waals surface area contributed by atoms with E-state index >= 15 is 0 Å². The van der Waals surface area contributed by atoms with Crippen molar-refractivity contribution >= 4 is 27.6 Å². The molecule has 5 heteroatoms. The van der Waals surface area contributed by atoms with Crippen molar-refractivity contribution in [1.29, 1.82) is 5.26 Å². The smallest absolute Gasteiger partial charge is 0.162 e. The first-order valence-electron chi connectivity index (χ1n) is 9.53. The highest BCUT2D eigenvalue weighted by Gasteiger charge is 2.13. The predicted molar refractivity (Wildman–Crippen MR) is 121 cm³/mol. The van der Waals surface area contributed by atoms with Crippen LogP contribution in [0.15, 0.2) is 65.1 Å². The lowest BCUT2D eigenvalue weighted by atomic mass is 10.0. The van der Waals surface area contributed by atoms with Crippen molar-refractivity contribution in [2.75, 3.05) is 6.61 Å². The van der Waals surface area contributed by atoms with E-state index in [4.69, 9.17) is 9.47 Å². The van der Waals surface area contributed by atoms with Crippen LogP contribution in [-0.2, 0) is 6.61 Å². The highest BCUT2D eigenvalue weighted by molar-refractivity contribution is 9.10. The first-order chi connectivity index (χ1) is 14.5. The Morgan fingerprint density at radius 1 is 1.07 bits per heavy atom. The monoisotopic (exact) mass is 465 g/mol. The van der Waals surface area contributed by atoms with E-state index < -0.39 is 5.82 Å². The van der Waals surface area contributed by atoms with Gasteiger partial charge in [0.1, 0.15) is 12.4 Å². The van der Waals surface area contributed by atoms with E-state index in [1.54, 1.807) is 30.3 Å². The molecule has 0 N–H and O–H groups in total. The molecule has 0 spiro atoms. The maximum Gasteiger partial charge on any atom is 0.162 e. The van der Waals surface area contributed by atoms with E-state index in [2.05, 4.69) is 28.1 Å². The van der Waals surface area contributed by atoms with Crippen LogP contribution in [0.4, 0.5) is 4.39 Å². The summed E-state index contributed by atoms with van der Waals surface area (Å²) in [4.78, 5) is 0. The Morgan fingerprint density at radius 2 is 1.83 bits per heavy atom. The zero-order chi connectivity index (χ0) is 21.5. The SMILES string of the molecule is CCOc1cc(/C=C(/C#N)c2ccccc2F)c(Br)cc1OCc1cccc(C)c1. The van der Waals surface area contributed by atoms with Gasteiger partial charge in [0.25, 0.3) is 0 Å². The van der Waals surface area contributed by atoms with Crippen molar-refractivity contribution in [1.82, 2.24) is 0 Å². The molecule has 0 heterocycles. The molecule has 0 saturated heterocycles. The summed E-state index contributed by atoms with van der Waals surface area (Å²) in [6.45, 7) is 4.79. The lowest BCUT2D eigenvalue weighted by molar-refractivity contribution is 0.269. The van der Waals surface area contributed by atoms with E-state index in [9.17, 15) is 9.65 Å². The zero-order valence-corrected chi connectivity index (χ0v) is 18.4. The summed E-state index contributed by atoms with van der Waals surface area (Å²) in [6, 6.07) is 20.0. The second-order valence-corrected chi connectivity index (χ2v) is 7.54. The highest BCUT2D eigenvalue weighted by Crippen LogP contribution is 2.36. The normalized spacial score (nSPS) is 11.1. The van der Waals surface area contributed by atoms with Crippen molar-refractivity contribution in [2.24, 2.45) is 0 Å². The first kappa shape index (κ1) is 21.6. The first-order valence-corrected chi connectivity index (χ1v) is 10.3. The molecule has 0 bridgehead atoms. The molecule has 0 fully saturated rings. The van der Waals surface area contributed by atoms with Crippen LogP contribution in [0.2, 0.25) is 0 Å². The fourth-order valence-electron chi connectivity index (χ4n) is 3.01. The van der Waals surface area contributed by atoms with Crippen LogP contribution in [0.3, 0.4) is 0 Å². The molecule has 0 amide bonds. The number of hydrogen-bond donors (Lipinski definition) is 0. The standard InChI is InChI=1S/C25H21BrFNO2/c1-3-29-24-13-19(12-20(15-28)21-9-4-5-10-23(21)27)22(26)14-25(24)30-16-18-8-6-7-17(2)11-18/h4-14H,3,16H2,1-2H3/b20-12-. The predicted octanol–water partition coefficient (Wildman–Crippen LogP) is 6.94. The molecule has 0 aliphatic carbocycles. The molecule has 0 aromatic heterocycles. The third-order valence-electron chi connectivity index (χ3n) is 4.42. The average molecular weight is 466 g/mol. The van der Waals surface area contributed by atoms with Gasteiger partial charge in [-0.1, -0.05) is 64.0 Å². The minimum Gasteiger partial charge on any atom is -0.490 e. The van der Waals surface area contributed by atoms with Crippen LogP contribution >= 0.6 is 15.9 Å². The molecular weight excluding hydrogens is 445 g/mol. The van der Waals surface area contributed by atoms with Crippen molar-refractivity contribution in [3.63, 3.8) is 0 Å². The van der Waals surface area contributed by atoms with Gasteiger partial charge in [-0.05, 0) is 49.2 Å². The number of rotatable bonds is 7. The van der Waals surface area contributed by atoms with Gasteiger partial charge in [-0.2, -0.15) is 5.26 Å². The quantitative estimate of drug-likeness (QED) is 0.280. The van der Waals surface area contributed by atoms with E-state index in [-0.39, 0.29) is 11.1 Å². The number of aryl methyl sites for hydroxylation is 1. The van der Waals surface area contributed by atoms with Crippen molar-refractivity contribution in [3.05, 3.63) is 93.2 Å². The summed E-state index contributed by atoms with van der Waals surface area (Å²) in [5.41, 5.74) is 3.40. The second kappa shape index (κ2) is 10.1. The van der Waals surface area contributed by atoms with Gasteiger partial charge < -0.3 is 9.47 Å². The molecule has 0 aliphatic rings. The molecule has 0 saturated carbocycles. The number of nitrogens with zero attached hydrogens (tertiary/aromatic N) is 1.